The predicted octanol–water partition coefficient (Wildman–Crippen LogP) is 5.41. The summed E-state index contributed by atoms with van der Waals surface area (Å²) in [4.78, 5) is 12.7. The number of carbonyl (C=O) groups excluding carboxylic acids is 1. The van der Waals surface area contributed by atoms with Crippen molar-refractivity contribution in [3.05, 3.63) is 97.9 Å². The molecule has 0 bridgehead atoms. The van der Waals surface area contributed by atoms with Gasteiger partial charge in [0.15, 0.2) is 0 Å². The molecule has 1 N–H and O–H groups in total. The fraction of sp³-hybridized carbons (Fsp3) is 0.130. The van der Waals surface area contributed by atoms with E-state index in [1.807, 2.05) is 31.2 Å². The van der Waals surface area contributed by atoms with Gasteiger partial charge in [0.2, 0.25) is 10.0 Å². The molecular weight excluding hydrogens is 549 g/mol. The van der Waals surface area contributed by atoms with Crippen LogP contribution in [0.3, 0.4) is 0 Å². The number of hydrogen-bond donors (Lipinski definition) is 1. The summed E-state index contributed by atoms with van der Waals surface area (Å²) in [6, 6.07) is 18.6. The Bertz CT molecular complexity index is 1280. The minimum Gasteiger partial charge on any atom is -0.272 e. The van der Waals surface area contributed by atoms with Crippen molar-refractivity contribution in [2.24, 2.45) is 5.10 Å². The van der Waals surface area contributed by atoms with Crippen LogP contribution in [0.5, 0.6) is 0 Å². The maximum absolute atomic E-state index is 13.3. The molecule has 0 aromatic heterocycles. The standard InChI is InChI=1S/C23H20BrCl2N3O3S/c1-16-6-9-19(10-7-16)33(31,32)29(14-17-8-11-21(25)22(26)12-17)15-23(30)28-27-13-18-4-2-3-5-20(18)24/h2-13H,14-15H2,1H3,(H,28,30)/b27-13-. The molecule has 10 heteroatoms. The molecule has 0 heterocycles. The summed E-state index contributed by atoms with van der Waals surface area (Å²) in [5.41, 5.74) is 4.65. The molecule has 33 heavy (non-hydrogen) atoms. The number of halogens is 3. The molecule has 0 unspecified atom stereocenters. The minimum absolute atomic E-state index is 0.0749. The van der Waals surface area contributed by atoms with Gasteiger partial charge >= 0.3 is 0 Å². The van der Waals surface area contributed by atoms with Gasteiger partial charge in [-0.25, -0.2) is 13.8 Å². The van der Waals surface area contributed by atoms with Gasteiger partial charge in [0.1, 0.15) is 0 Å². The van der Waals surface area contributed by atoms with Crippen molar-refractivity contribution in [1.29, 1.82) is 0 Å². The topological polar surface area (TPSA) is 78.8 Å². The molecule has 3 aromatic carbocycles. The van der Waals surface area contributed by atoms with Crippen LogP contribution in [-0.4, -0.2) is 31.4 Å². The van der Waals surface area contributed by atoms with E-state index in [0.29, 0.717) is 15.6 Å². The Morgan fingerprint density at radius 2 is 1.76 bits per heavy atom. The maximum atomic E-state index is 13.3. The van der Waals surface area contributed by atoms with Gasteiger partial charge in [0, 0.05) is 16.6 Å². The number of nitrogens with zero attached hydrogens (tertiary/aromatic N) is 2. The van der Waals surface area contributed by atoms with E-state index in [2.05, 4.69) is 26.5 Å². The smallest absolute Gasteiger partial charge is 0.255 e. The van der Waals surface area contributed by atoms with E-state index in [0.717, 1.165) is 19.9 Å². The van der Waals surface area contributed by atoms with Crippen LogP contribution in [0.1, 0.15) is 16.7 Å². The number of hydrazone groups is 1. The van der Waals surface area contributed by atoms with Crippen molar-refractivity contribution < 1.29 is 13.2 Å². The molecule has 0 spiro atoms. The summed E-state index contributed by atoms with van der Waals surface area (Å²) in [5.74, 6) is -0.589. The Hall–Kier alpha value is -2.23. The van der Waals surface area contributed by atoms with E-state index < -0.39 is 22.5 Å². The molecule has 0 aliphatic carbocycles. The molecule has 0 saturated heterocycles. The van der Waals surface area contributed by atoms with Gasteiger partial charge in [-0.05, 0) is 42.8 Å². The number of hydrogen-bond acceptors (Lipinski definition) is 4. The number of nitrogens with one attached hydrogen (secondary N) is 1. The van der Waals surface area contributed by atoms with Crippen molar-refractivity contribution in [3.8, 4) is 0 Å². The molecule has 0 saturated carbocycles. The molecule has 0 fully saturated rings. The highest BCUT2D eigenvalue weighted by atomic mass is 79.9. The normalized spacial score (nSPS) is 11.8. The third-order valence-corrected chi connectivity index (χ3v) is 7.89. The number of rotatable bonds is 8. The Morgan fingerprint density at radius 3 is 2.42 bits per heavy atom. The Morgan fingerprint density at radius 1 is 1.06 bits per heavy atom. The zero-order valence-electron chi connectivity index (χ0n) is 17.5. The lowest BCUT2D eigenvalue weighted by Crippen LogP contribution is -2.39. The SMILES string of the molecule is Cc1ccc(S(=O)(=O)N(CC(=O)N/N=C\c2ccccc2Br)Cc2ccc(Cl)c(Cl)c2)cc1. The van der Waals surface area contributed by atoms with Crippen molar-refractivity contribution in [2.75, 3.05) is 6.54 Å². The second-order valence-electron chi connectivity index (χ2n) is 7.15. The van der Waals surface area contributed by atoms with Crippen molar-refractivity contribution >= 4 is 61.3 Å². The van der Waals surface area contributed by atoms with E-state index in [4.69, 9.17) is 23.2 Å². The van der Waals surface area contributed by atoms with Crippen molar-refractivity contribution in [1.82, 2.24) is 9.73 Å². The number of sulfonamides is 1. The highest BCUT2D eigenvalue weighted by Crippen LogP contribution is 2.25. The van der Waals surface area contributed by atoms with Gasteiger partial charge < -0.3 is 0 Å². The molecule has 3 rings (SSSR count). The van der Waals surface area contributed by atoms with Crippen LogP contribution in [0.4, 0.5) is 0 Å². The van der Waals surface area contributed by atoms with Gasteiger partial charge in [-0.1, -0.05) is 81.1 Å². The van der Waals surface area contributed by atoms with Gasteiger partial charge in [-0.3, -0.25) is 4.79 Å². The van der Waals surface area contributed by atoms with Gasteiger partial charge in [-0.2, -0.15) is 9.41 Å². The monoisotopic (exact) mass is 567 g/mol. The lowest BCUT2D eigenvalue weighted by Gasteiger charge is -2.22. The lowest BCUT2D eigenvalue weighted by molar-refractivity contribution is -0.121. The predicted molar refractivity (Wildman–Crippen MR) is 135 cm³/mol. The van der Waals surface area contributed by atoms with Crippen molar-refractivity contribution in [2.45, 2.75) is 18.4 Å². The Labute approximate surface area is 211 Å². The largest absolute Gasteiger partial charge is 0.272 e. The summed E-state index contributed by atoms with van der Waals surface area (Å²) < 4.78 is 28.5. The van der Waals surface area contributed by atoms with Crippen LogP contribution in [0.15, 0.2) is 81.2 Å². The van der Waals surface area contributed by atoms with E-state index in [1.165, 1.54) is 18.3 Å². The maximum Gasteiger partial charge on any atom is 0.255 e. The van der Waals surface area contributed by atoms with Gasteiger partial charge in [0.05, 0.1) is 27.7 Å². The van der Waals surface area contributed by atoms with Crippen molar-refractivity contribution in [3.63, 3.8) is 0 Å². The number of amides is 1. The molecule has 0 aliphatic heterocycles. The zero-order chi connectivity index (χ0) is 24.0. The van der Waals surface area contributed by atoms with Crippen LogP contribution >= 0.6 is 39.1 Å². The first-order valence-corrected chi connectivity index (χ1v) is 12.7. The molecule has 6 nitrogen and oxygen atoms in total. The third kappa shape index (κ3) is 6.88. The highest BCUT2D eigenvalue weighted by Gasteiger charge is 2.27. The van der Waals surface area contributed by atoms with E-state index in [-0.39, 0.29) is 11.4 Å². The average Bonchev–Trinajstić information content (AvgIpc) is 2.77. The molecule has 0 aliphatic rings. The van der Waals surface area contributed by atoms with Crippen LogP contribution in [-0.2, 0) is 21.4 Å². The summed E-state index contributed by atoms with van der Waals surface area (Å²) in [5, 5.41) is 4.59. The number of carbonyl (C=O) groups is 1. The lowest BCUT2D eigenvalue weighted by atomic mass is 10.2. The summed E-state index contributed by atoms with van der Waals surface area (Å²) >= 11 is 15.5. The van der Waals surface area contributed by atoms with E-state index in [1.54, 1.807) is 30.3 Å². The van der Waals surface area contributed by atoms with Crippen LogP contribution in [0.2, 0.25) is 10.0 Å². The molecule has 0 atom stereocenters. The number of benzene rings is 3. The molecule has 172 valence electrons. The average molecular weight is 569 g/mol. The van der Waals surface area contributed by atoms with Crippen LogP contribution < -0.4 is 5.43 Å². The van der Waals surface area contributed by atoms with Gasteiger partial charge in [0.25, 0.3) is 5.91 Å². The highest BCUT2D eigenvalue weighted by molar-refractivity contribution is 9.10. The fourth-order valence-electron chi connectivity index (χ4n) is 2.88. The Kier molecular flexibility index (Phi) is 8.67. The van der Waals surface area contributed by atoms with Crippen LogP contribution in [0, 0.1) is 6.92 Å². The summed E-state index contributed by atoms with van der Waals surface area (Å²) in [7, 11) is -3.98. The Balaban J connectivity index is 1.82. The molecule has 1 amide bonds. The van der Waals surface area contributed by atoms with E-state index in [9.17, 15) is 13.2 Å². The van der Waals surface area contributed by atoms with E-state index >= 15 is 0 Å². The number of aryl methyl sites for hydroxylation is 1. The fourth-order valence-corrected chi connectivity index (χ4v) is 4.97. The third-order valence-electron chi connectivity index (χ3n) is 4.62. The quantitative estimate of drug-likeness (QED) is 0.292. The zero-order valence-corrected chi connectivity index (χ0v) is 21.4. The first kappa shape index (κ1) is 25.4. The molecule has 3 aromatic rings. The summed E-state index contributed by atoms with van der Waals surface area (Å²) in [6.07, 6.45) is 1.47. The summed E-state index contributed by atoms with van der Waals surface area (Å²) in [6.45, 7) is 1.35. The second kappa shape index (κ2) is 11.3. The van der Waals surface area contributed by atoms with Crippen LogP contribution in [0.25, 0.3) is 0 Å². The van der Waals surface area contributed by atoms with Gasteiger partial charge in [-0.15, -0.1) is 0 Å². The minimum atomic E-state index is -3.98. The molecule has 0 radical (unpaired) electrons. The molecular formula is C23H20BrCl2N3O3S. The second-order valence-corrected chi connectivity index (χ2v) is 10.8. The first-order valence-electron chi connectivity index (χ1n) is 9.74. The first-order chi connectivity index (χ1) is 15.7.